The van der Waals surface area contributed by atoms with E-state index in [0.717, 1.165) is 0 Å². The Labute approximate surface area is 110 Å². The normalized spacial score (nSPS) is 15.4. The summed E-state index contributed by atoms with van der Waals surface area (Å²) in [6, 6.07) is 5.64. The number of nitrogens with one attached hydrogen (secondary N) is 1. The number of benzene rings is 1. The third-order valence-electron chi connectivity index (χ3n) is 3.24. The van der Waals surface area contributed by atoms with Gasteiger partial charge in [0.05, 0.1) is 6.04 Å². The summed E-state index contributed by atoms with van der Waals surface area (Å²) < 4.78 is 41.2. The van der Waals surface area contributed by atoms with Gasteiger partial charge in [0.1, 0.15) is 5.75 Å². The fourth-order valence-electron chi connectivity index (χ4n) is 1.86. The van der Waals surface area contributed by atoms with Crippen LogP contribution in [-0.4, -0.2) is 6.36 Å². The number of hydrazine groups is 1. The van der Waals surface area contributed by atoms with Gasteiger partial charge < -0.3 is 4.74 Å². The first-order valence-corrected chi connectivity index (χ1v) is 6.07. The van der Waals surface area contributed by atoms with Crippen molar-refractivity contribution in [1.82, 2.24) is 5.43 Å². The van der Waals surface area contributed by atoms with Crippen LogP contribution in [0.25, 0.3) is 0 Å². The van der Waals surface area contributed by atoms with Crippen LogP contribution in [0.4, 0.5) is 13.2 Å². The summed E-state index contributed by atoms with van der Waals surface area (Å²) in [5.74, 6) is 5.59. The molecule has 108 valence electrons. The van der Waals surface area contributed by atoms with Crippen LogP contribution < -0.4 is 16.0 Å². The first kappa shape index (κ1) is 15.8. The highest BCUT2D eigenvalue weighted by Crippen LogP contribution is 2.35. The Morgan fingerprint density at radius 3 is 2.21 bits per heavy atom. The van der Waals surface area contributed by atoms with Gasteiger partial charge in [-0.15, -0.1) is 13.2 Å². The summed E-state index contributed by atoms with van der Waals surface area (Å²) in [7, 11) is 0. The second-order valence-electron chi connectivity index (χ2n) is 4.83. The lowest BCUT2D eigenvalue weighted by Gasteiger charge is -2.28. The molecule has 6 heteroatoms. The van der Waals surface area contributed by atoms with Crippen LogP contribution in [0.15, 0.2) is 24.3 Å². The zero-order chi connectivity index (χ0) is 14.6. The van der Waals surface area contributed by atoms with Crippen LogP contribution in [-0.2, 0) is 0 Å². The summed E-state index contributed by atoms with van der Waals surface area (Å²) in [6.07, 6.45) is -4.71. The molecule has 0 aliphatic carbocycles. The van der Waals surface area contributed by atoms with Crippen LogP contribution in [0.3, 0.4) is 0 Å². The van der Waals surface area contributed by atoms with Gasteiger partial charge in [0.25, 0.3) is 0 Å². The third kappa shape index (κ3) is 4.40. The molecule has 0 radical (unpaired) electrons. The average molecular weight is 276 g/mol. The number of nitrogens with two attached hydrogens (primary N) is 1. The number of rotatable bonds is 5. The molecule has 19 heavy (non-hydrogen) atoms. The van der Waals surface area contributed by atoms with Crippen molar-refractivity contribution in [3.63, 3.8) is 0 Å². The zero-order valence-corrected chi connectivity index (χ0v) is 11.2. The van der Waals surface area contributed by atoms with Crippen LogP contribution in [0.1, 0.15) is 32.4 Å². The molecule has 0 bridgehead atoms. The minimum atomic E-state index is -4.71. The molecule has 1 rings (SSSR count). The summed E-state index contributed by atoms with van der Waals surface area (Å²) in [5, 5.41) is 0. The van der Waals surface area contributed by atoms with Gasteiger partial charge in [0.2, 0.25) is 0 Å². The average Bonchev–Trinajstić information content (AvgIpc) is 2.30. The maximum atomic E-state index is 12.4. The third-order valence-corrected chi connectivity index (χ3v) is 3.24. The molecule has 3 nitrogen and oxygen atoms in total. The van der Waals surface area contributed by atoms with E-state index in [-0.39, 0.29) is 17.6 Å². The molecule has 0 fully saturated rings. The molecule has 0 aliphatic rings. The Hall–Kier alpha value is -1.27. The first-order valence-electron chi connectivity index (χ1n) is 6.07. The molecule has 2 atom stereocenters. The van der Waals surface area contributed by atoms with E-state index in [1.165, 1.54) is 12.1 Å². The standard InChI is InChI=1S/C13H19F3N2O/c1-8(2)9(3)12(18-17)10-6-4-5-7-11(10)19-13(14,15)16/h4-9,12,18H,17H2,1-3H3. The molecule has 0 heterocycles. The topological polar surface area (TPSA) is 47.3 Å². The SMILES string of the molecule is CC(C)C(C)C(NN)c1ccccc1OC(F)(F)F. The van der Waals surface area contributed by atoms with E-state index in [1.807, 2.05) is 20.8 Å². The van der Waals surface area contributed by atoms with Crippen LogP contribution in [0.5, 0.6) is 5.75 Å². The Balaban J connectivity index is 3.10. The number of alkyl halides is 3. The van der Waals surface area contributed by atoms with Crippen molar-refractivity contribution in [2.75, 3.05) is 0 Å². The van der Waals surface area contributed by atoms with E-state index in [1.54, 1.807) is 12.1 Å². The Morgan fingerprint density at radius 1 is 1.16 bits per heavy atom. The van der Waals surface area contributed by atoms with Crippen molar-refractivity contribution in [2.45, 2.75) is 33.2 Å². The summed E-state index contributed by atoms with van der Waals surface area (Å²) in [6.45, 7) is 5.91. The van der Waals surface area contributed by atoms with E-state index in [9.17, 15) is 13.2 Å². The van der Waals surface area contributed by atoms with E-state index >= 15 is 0 Å². The highest BCUT2D eigenvalue weighted by molar-refractivity contribution is 5.36. The van der Waals surface area contributed by atoms with Crippen LogP contribution in [0, 0.1) is 11.8 Å². The Bertz CT molecular complexity index is 407. The molecule has 0 saturated carbocycles. The second kappa shape index (κ2) is 6.25. The largest absolute Gasteiger partial charge is 0.573 e. The molecule has 1 aromatic carbocycles. The molecule has 3 N–H and O–H groups in total. The highest BCUT2D eigenvalue weighted by Gasteiger charge is 2.33. The minimum absolute atomic E-state index is 0.0583. The van der Waals surface area contributed by atoms with E-state index in [4.69, 9.17) is 5.84 Å². The lowest BCUT2D eigenvalue weighted by atomic mass is 9.86. The minimum Gasteiger partial charge on any atom is -0.405 e. The fraction of sp³-hybridized carbons (Fsp3) is 0.538. The van der Waals surface area contributed by atoms with E-state index in [2.05, 4.69) is 10.2 Å². The van der Waals surface area contributed by atoms with Gasteiger partial charge in [-0.05, 0) is 17.9 Å². The Morgan fingerprint density at radius 2 is 1.74 bits per heavy atom. The fourth-order valence-corrected chi connectivity index (χ4v) is 1.86. The quantitative estimate of drug-likeness (QED) is 0.640. The second-order valence-corrected chi connectivity index (χ2v) is 4.83. The van der Waals surface area contributed by atoms with Gasteiger partial charge in [-0.3, -0.25) is 11.3 Å². The van der Waals surface area contributed by atoms with Gasteiger partial charge in [0, 0.05) is 5.56 Å². The Kier molecular flexibility index (Phi) is 5.20. The van der Waals surface area contributed by atoms with Crippen LogP contribution in [0.2, 0.25) is 0 Å². The molecular weight excluding hydrogens is 257 g/mol. The number of para-hydroxylation sites is 1. The number of hydrogen-bond donors (Lipinski definition) is 2. The lowest BCUT2D eigenvalue weighted by molar-refractivity contribution is -0.275. The van der Waals surface area contributed by atoms with Crippen LogP contribution >= 0.6 is 0 Å². The summed E-state index contributed by atoms with van der Waals surface area (Å²) in [5.41, 5.74) is 2.98. The molecule has 0 aliphatic heterocycles. The predicted octanol–water partition coefficient (Wildman–Crippen LogP) is 3.38. The number of halogens is 3. The molecule has 2 unspecified atom stereocenters. The molecular formula is C13H19F3N2O. The van der Waals surface area contributed by atoms with Gasteiger partial charge in [-0.1, -0.05) is 39.0 Å². The van der Waals surface area contributed by atoms with Gasteiger partial charge in [-0.25, -0.2) is 0 Å². The molecule has 1 aromatic rings. The van der Waals surface area contributed by atoms with Crippen molar-refractivity contribution in [3.05, 3.63) is 29.8 Å². The van der Waals surface area contributed by atoms with Crippen molar-refractivity contribution >= 4 is 0 Å². The first-order chi connectivity index (χ1) is 8.76. The zero-order valence-electron chi connectivity index (χ0n) is 11.2. The molecule has 0 spiro atoms. The summed E-state index contributed by atoms with van der Waals surface area (Å²) >= 11 is 0. The van der Waals surface area contributed by atoms with Crippen molar-refractivity contribution < 1.29 is 17.9 Å². The van der Waals surface area contributed by atoms with E-state index < -0.39 is 12.4 Å². The number of ether oxygens (including phenoxy) is 1. The molecule has 0 saturated heterocycles. The van der Waals surface area contributed by atoms with Crippen molar-refractivity contribution in [3.8, 4) is 5.75 Å². The van der Waals surface area contributed by atoms with Gasteiger partial charge >= 0.3 is 6.36 Å². The van der Waals surface area contributed by atoms with E-state index in [0.29, 0.717) is 5.56 Å². The van der Waals surface area contributed by atoms with Gasteiger partial charge in [-0.2, -0.15) is 0 Å². The monoisotopic (exact) mass is 276 g/mol. The highest BCUT2D eigenvalue weighted by atomic mass is 19.4. The van der Waals surface area contributed by atoms with Crippen molar-refractivity contribution in [1.29, 1.82) is 0 Å². The van der Waals surface area contributed by atoms with Crippen molar-refractivity contribution in [2.24, 2.45) is 17.7 Å². The maximum absolute atomic E-state index is 12.4. The number of hydrogen-bond acceptors (Lipinski definition) is 3. The maximum Gasteiger partial charge on any atom is 0.573 e. The summed E-state index contributed by atoms with van der Waals surface area (Å²) in [4.78, 5) is 0. The molecule has 0 amide bonds. The smallest absolute Gasteiger partial charge is 0.405 e. The molecule has 0 aromatic heterocycles. The predicted molar refractivity (Wildman–Crippen MR) is 67.2 cm³/mol. The lowest BCUT2D eigenvalue weighted by Crippen LogP contribution is -2.35. The van der Waals surface area contributed by atoms with Gasteiger partial charge in [0.15, 0.2) is 0 Å².